The third-order valence-corrected chi connectivity index (χ3v) is 5.54. The van der Waals surface area contributed by atoms with Crippen molar-refractivity contribution in [1.29, 1.82) is 0 Å². The Morgan fingerprint density at radius 1 is 1.05 bits per heavy atom. The van der Waals surface area contributed by atoms with E-state index >= 15 is 0 Å². The van der Waals surface area contributed by atoms with E-state index in [1.165, 1.54) is 37.7 Å². The Balaban J connectivity index is 1.84. The third kappa shape index (κ3) is 6.07. The van der Waals surface area contributed by atoms with E-state index in [1.807, 2.05) is 38.1 Å². The van der Waals surface area contributed by atoms with Gasteiger partial charge in [-0.15, -0.1) is 0 Å². The zero-order valence-corrected chi connectivity index (χ0v) is 14.5. The van der Waals surface area contributed by atoms with Gasteiger partial charge in [0.2, 0.25) is 10.0 Å². The Kier molecular flexibility index (Phi) is 6.41. The van der Waals surface area contributed by atoms with Gasteiger partial charge >= 0.3 is 0 Å². The molecule has 0 unspecified atom stereocenters. The minimum atomic E-state index is -3.24. The Bertz CT molecular complexity index is 547. The summed E-state index contributed by atoms with van der Waals surface area (Å²) in [7, 11) is -3.24. The van der Waals surface area contributed by atoms with Gasteiger partial charge in [-0.25, -0.2) is 13.1 Å². The zero-order chi connectivity index (χ0) is 16.0. The minimum Gasteiger partial charge on any atom is -0.310 e. The predicted molar refractivity (Wildman–Crippen MR) is 91.1 cm³/mol. The van der Waals surface area contributed by atoms with Gasteiger partial charge in [0, 0.05) is 18.6 Å². The number of hydrogen-bond acceptors (Lipinski definition) is 3. The van der Waals surface area contributed by atoms with Crippen molar-refractivity contribution < 1.29 is 8.42 Å². The molecule has 2 N–H and O–H groups in total. The monoisotopic (exact) mass is 324 g/mol. The van der Waals surface area contributed by atoms with Crippen molar-refractivity contribution in [2.75, 3.05) is 0 Å². The van der Waals surface area contributed by atoms with Crippen LogP contribution in [0.25, 0.3) is 0 Å². The van der Waals surface area contributed by atoms with Crippen LogP contribution in [0.4, 0.5) is 0 Å². The summed E-state index contributed by atoms with van der Waals surface area (Å²) in [5, 5.41) is 3.60. The Labute approximate surface area is 134 Å². The molecule has 124 valence electrons. The Morgan fingerprint density at radius 2 is 1.64 bits per heavy atom. The number of benzene rings is 1. The molecule has 0 atom stereocenters. The van der Waals surface area contributed by atoms with Gasteiger partial charge in [-0.1, -0.05) is 43.5 Å². The molecule has 22 heavy (non-hydrogen) atoms. The van der Waals surface area contributed by atoms with Crippen molar-refractivity contribution in [3.05, 3.63) is 35.4 Å². The van der Waals surface area contributed by atoms with Gasteiger partial charge in [0.15, 0.2) is 0 Å². The standard InChI is InChI=1S/C17H28N2O2S/c1-14(2)19-22(20,21)13-16-10-8-15(9-11-16)12-18-17-6-4-3-5-7-17/h8-11,14,17-19H,3-7,12-13H2,1-2H3. The average molecular weight is 324 g/mol. The van der Waals surface area contributed by atoms with Crippen molar-refractivity contribution in [3.63, 3.8) is 0 Å². The molecule has 0 aromatic heterocycles. The van der Waals surface area contributed by atoms with Crippen LogP contribution >= 0.6 is 0 Å². The first kappa shape index (κ1) is 17.4. The van der Waals surface area contributed by atoms with E-state index in [4.69, 9.17) is 0 Å². The van der Waals surface area contributed by atoms with E-state index in [0.29, 0.717) is 6.04 Å². The fourth-order valence-electron chi connectivity index (χ4n) is 2.94. The Hall–Kier alpha value is -0.910. The molecular weight excluding hydrogens is 296 g/mol. The fraction of sp³-hybridized carbons (Fsp3) is 0.647. The normalized spacial score (nSPS) is 17.0. The molecule has 0 radical (unpaired) electrons. The van der Waals surface area contributed by atoms with E-state index in [9.17, 15) is 8.42 Å². The molecule has 2 rings (SSSR count). The molecule has 1 saturated carbocycles. The molecular formula is C17H28N2O2S. The van der Waals surface area contributed by atoms with E-state index in [1.54, 1.807) is 0 Å². The van der Waals surface area contributed by atoms with E-state index < -0.39 is 10.0 Å². The first-order valence-electron chi connectivity index (χ1n) is 8.26. The van der Waals surface area contributed by atoms with Crippen molar-refractivity contribution in [2.24, 2.45) is 0 Å². The van der Waals surface area contributed by atoms with Gasteiger partial charge < -0.3 is 5.32 Å². The molecule has 1 aliphatic carbocycles. The second kappa shape index (κ2) is 8.09. The van der Waals surface area contributed by atoms with Crippen molar-refractivity contribution in [2.45, 2.75) is 70.3 Å². The van der Waals surface area contributed by atoms with Crippen LogP contribution in [0.1, 0.15) is 57.1 Å². The van der Waals surface area contributed by atoms with Gasteiger partial charge in [0.05, 0.1) is 5.75 Å². The molecule has 0 aliphatic heterocycles. The van der Waals surface area contributed by atoms with Gasteiger partial charge in [-0.2, -0.15) is 0 Å². The quantitative estimate of drug-likeness (QED) is 0.811. The molecule has 0 heterocycles. The Morgan fingerprint density at radius 3 is 2.23 bits per heavy atom. The van der Waals surface area contributed by atoms with E-state index in [2.05, 4.69) is 10.0 Å². The molecule has 0 bridgehead atoms. The topological polar surface area (TPSA) is 58.2 Å². The first-order valence-corrected chi connectivity index (χ1v) is 9.91. The molecule has 0 spiro atoms. The smallest absolute Gasteiger partial charge is 0.216 e. The zero-order valence-electron chi connectivity index (χ0n) is 13.6. The van der Waals surface area contributed by atoms with Crippen LogP contribution in [0.15, 0.2) is 24.3 Å². The van der Waals surface area contributed by atoms with Crippen LogP contribution in [-0.2, 0) is 22.3 Å². The average Bonchev–Trinajstić information content (AvgIpc) is 2.46. The lowest BCUT2D eigenvalue weighted by Gasteiger charge is -2.22. The number of hydrogen-bond donors (Lipinski definition) is 2. The van der Waals surface area contributed by atoms with Crippen molar-refractivity contribution in [3.8, 4) is 0 Å². The molecule has 1 aromatic rings. The highest BCUT2D eigenvalue weighted by Crippen LogP contribution is 2.18. The summed E-state index contributed by atoms with van der Waals surface area (Å²) in [5.74, 6) is 0.0432. The van der Waals surface area contributed by atoms with Crippen LogP contribution in [0.2, 0.25) is 0 Å². The lowest BCUT2D eigenvalue weighted by atomic mass is 9.95. The van der Waals surface area contributed by atoms with Crippen molar-refractivity contribution >= 4 is 10.0 Å². The fourth-order valence-corrected chi connectivity index (χ4v) is 4.38. The molecule has 0 amide bonds. The lowest BCUT2D eigenvalue weighted by Crippen LogP contribution is -2.31. The molecule has 0 saturated heterocycles. The number of rotatable bonds is 7. The van der Waals surface area contributed by atoms with Crippen LogP contribution in [0, 0.1) is 0 Å². The molecule has 1 fully saturated rings. The second-order valence-electron chi connectivity index (χ2n) is 6.56. The molecule has 1 aliphatic rings. The largest absolute Gasteiger partial charge is 0.310 e. The van der Waals surface area contributed by atoms with Gasteiger partial charge in [0.25, 0.3) is 0 Å². The summed E-state index contributed by atoms with van der Waals surface area (Å²) in [6, 6.07) is 8.45. The summed E-state index contributed by atoms with van der Waals surface area (Å²) >= 11 is 0. The van der Waals surface area contributed by atoms with E-state index in [0.717, 1.165) is 12.1 Å². The summed E-state index contributed by atoms with van der Waals surface area (Å²) in [6.07, 6.45) is 6.58. The molecule has 1 aromatic carbocycles. The summed E-state index contributed by atoms with van der Waals surface area (Å²) in [6.45, 7) is 4.52. The highest BCUT2D eigenvalue weighted by atomic mass is 32.2. The van der Waals surface area contributed by atoms with Crippen LogP contribution < -0.4 is 10.0 Å². The predicted octanol–water partition coefficient (Wildman–Crippen LogP) is 2.94. The van der Waals surface area contributed by atoms with E-state index in [-0.39, 0.29) is 11.8 Å². The maximum absolute atomic E-state index is 11.9. The minimum absolute atomic E-state index is 0.0432. The molecule has 5 heteroatoms. The maximum Gasteiger partial charge on any atom is 0.216 e. The highest BCUT2D eigenvalue weighted by molar-refractivity contribution is 7.88. The molecule has 4 nitrogen and oxygen atoms in total. The second-order valence-corrected chi connectivity index (χ2v) is 8.32. The third-order valence-electron chi connectivity index (χ3n) is 3.99. The summed E-state index contributed by atoms with van der Waals surface area (Å²) < 4.78 is 26.4. The lowest BCUT2D eigenvalue weighted by molar-refractivity contribution is 0.372. The maximum atomic E-state index is 11.9. The van der Waals surface area contributed by atoms with Gasteiger partial charge in [-0.05, 0) is 37.8 Å². The van der Waals surface area contributed by atoms with Crippen LogP contribution in [0.5, 0.6) is 0 Å². The first-order chi connectivity index (χ1) is 10.4. The highest BCUT2D eigenvalue weighted by Gasteiger charge is 2.14. The van der Waals surface area contributed by atoms with Crippen molar-refractivity contribution in [1.82, 2.24) is 10.0 Å². The van der Waals surface area contributed by atoms with Gasteiger partial charge in [-0.3, -0.25) is 0 Å². The van der Waals surface area contributed by atoms with Crippen LogP contribution in [-0.4, -0.2) is 20.5 Å². The number of sulfonamides is 1. The summed E-state index contributed by atoms with van der Waals surface area (Å²) in [4.78, 5) is 0. The summed E-state index contributed by atoms with van der Waals surface area (Å²) in [5.41, 5.74) is 2.04. The SMILES string of the molecule is CC(C)NS(=O)(=O)Cc1ccc(CNC2CCCCC2)cc1. The van der Waals surface area contributed by atoms with Crippen LogP contribution in [0.3, 0.4) is 0 Å². The number of nitrogens with one attached hydrogen (secondary N) is 2. The van der Waals surface area contributed by atoms with Gasteiger partial charge in [0.1, 0.15) is 0 Å².